The van der Waals surface area contributed by atoms with Gasteiger partial charge in [0.05, 0.1) is 12.8 Å². The van der Waals surface area contributed by atoms with Crippen LogP contribution < -0.4 is 15.6 Å². The minimum atomic E-state index is -0.359. The van der Waals surface area contributed by atoms with Crippen molar-refractivity contribution in [3.8, 4) is 5.75 Å². The normalized spacial score (nSPS) is 14.6. The summed E-state index contributed by atoms with van der Waals surface area (Å²) in [4.78, 5) is 11.7. The van der Waals surface area contributed by atoms with Gasteiger partial charge in [0.2, 0.25) is 0 Å². The van der Waals surface area contributed by atoms with Gasteiger partial charge in [0.15, 0.2) is 6.73 Å². The van der Waals surface area contributed by atoms with Crippen molar-refractivity contribution in [1.82, 2.24) is 20.9 Å². The molecule has 0 aromatic heterocycles. The van der Waals surface area contributed by atoms with Crippen molar-refractivity contribution >= 4 is 11.7 Å². The van der Waals surface area contributed by atoms with Gasteiger partial charge in [-0.25, -0.2) is 0 Å². The highest BCUT2D eigenvalue weighted by molar-refractivity contribution is 5.76. The highest BCUT2D eigenvalue weighted by atomic mass is 16.5. The summed E-state index contributed by atoms with van der Waals surface area (Å²) in [7, 11) is 5.11. The van der Waals surface area contributed by atoms with Crippen molar-refractivity contribution in [3.05, 3.63) is 71.9 Å². The van der Waals surface area contributed by atoms with Crippen LogP contribution in [-0.4, -0.2) is 50.0 Å². The minimum Gasteiger partial charge on any atom is -0.472 e. The maximum atomic E-state index is 11.7. The summed E-state index contributed by atoms with van der Waals surface area (Å²) in [6, 6.07) is 17.5. The van der Waals surface area contributed by atoms with Crippen LogP contribution in [0.25, 0.3) is 5.70 Å². The summed E-state index contributed by atoms with van der Waals surface area (Å²) >= 11 is 0. The van der Waals surface area contributed by atoms with E-state index >= 15 is 0 Å². The van der Waals surface area contributed by atoms with Gasteiger partial charge in [-0.05, 0) is 31.2 Å². The number of rotatable bonds is 8. The zero-order valence-corrected chi connectivity index (χ0v) is 16.4. The van der Waals surface area contributed by atoms with Gasteiger partial charge >= 0.3 is 5.97 Å². The largest absolute Gasteiger partial charge is 0.472 e. The van der Waals surface area contributed by atoms with Crippen LogP contribution in [0, 0.1) is 0 Å². The number of hydrogen-bond donors (Lipinski definition) is 2. The highest BCUT2D eigenvalue weighted by Crippen LogP contribution is 2.21. The predicted molar refractivity (Wildman–Crippen MR) is 108 cm³/mol. The van der Waals surface area contributed by atoms with E-state index in [-0.39, 0.29) is 12.0 Å². The summed E-state index contributed by atoms with van der Waals surface area (Å²) in [6.45, 7) is 0.362. The third-order valence-corrected chi connectivity index (χ3v) is 4.56. The molecule has 1 atom stereocenters. The maximum Gasteiger partial charge on any atom is 0.323 e. The van der Waals surface area contributed by atoms with Crippen molar-refractivity contribution in [2.24, 2.45) is 0 Å². The van der Waals surface area contributed by atoms with Crippen molar-refractivity contribution < 1.29 is 14.3 Å². The number of likely N-dealkylation sites (N-methyl/N-ethyl adjacent to an activating group) is 1. The molecular weight excluding hydrogens is 356 g/mol. The SMILES string of the molecule is CN[C@H](Cc1ccc(OCN2C=C(c3ccccc3)N(C)N2)cc1)C(=O)OC. The Morgan fingerprint density at radius 2 is 1.86 bits per heavy atom. The monoisotopic (exact) mass is 382 g/mol. The Labute approximate surface area is 165 Å². The number of methoxy groups -OCH3 is 1. The Kier molecular flexibility index (Phi) is 6.52. The van der Waals surface area contributed by atoms with E-state index in [9.17, 15) is 4.79 Å². The van der Waals surface area contributed by atoms with Crippen molar-refractivity contribution in [3.63, 3.8) is 0 Å². The number of hydrazine groups is 2. The Morgan fingerprint density at radius 1 is 1.14 bits per heavy atom. The Morgan fingerprint density at radius 3 is 2.50 bits per heavy atom. The van der Waals surface area contributed by atoms with E-state index < -0.39 is 0 Å². The van der Waals surface area contributed by atoms with Crippen LogP contribution in [0.15, 0.2) is 60.8 Å². The molecule has 2 N–H and O–H groups in total. The van der Waals surface area contributed by atoms with Gasteiger partial charge in [-0.3, -0.25) is 14.8 Å². The van der Waals surface area contributed by atoms with Crippen LogP contribution in [0.4, 0.5) is 0 Å². The van der Waals surface area contributed by atoms with Crippen LogP contribution in [0.1, 0.15) is 11.1 Å². The molecule has 0 amide bonds. The molecule has 2 aromatic carbocycles. The number of carbonyl (C=O) groups is 1. The predicted octanol–water partition coefficient (Wildman–Crippen LogP) is 1.99. The molecule has 0 unspecified atom stereocenters. The summed E-state index contributed by atoms with van der Waals surface area (Å²) in [6.07, 6.45) is 2.57. The van der Waals surface area contributed by atoms with Gasteiger partial charge in [0.1, 0.15) is 11.8 Å². The molecule has 1 heterocycles. The molecule has 0 aliphatic carbocycles. The Hall–Kier alpha value is -3.03. The van der Waals surface area contributed by atoms with Gasteiger partial charge in [-0.15, -0.1) is 5.53 Å². The summed E-state index contributed by atoms with van der Waals surface area (Å²) in [5.41, 5.74) is 6.46. The molecule has 0 spiro atoms. The third kappa shape index (κ3) is 4.82. The lowest BCUT2D eigenvalue weighted by Gasteiger charge is -2.21. The lowest BCUT2D eigenvalue weighted by molar-refractivity contribution is -0.142. The number of nitrogens with zero attached hydrogens (tertiary/aromatic N) is 2. The number of carbonyl (C=O) groups excluding carboxylic acids is 1. The number of esters is 1. The molecule has 0 saturated carbocycles. The molecule has 1 aliphatic heterocycles. The second kappa shape index (κ2) is 9.25. The van der Waals surface area contributed by atoms with E-state index in [1.54, 1.807) is 7.05 Å². The molecule has 7 heteroatoms. The highest BCUT2D eigenvalue weighted by Gasteiger charge is 2.19. The average molecular weight is 382 g/mol. The molecule has 1 aliphatic rings. The average Bonchev–Trinajstić information content (AvgIpc) is 3.12. The first-order chi connectivity index (χ1) is 13.6. The molecule has 3 rings (SSSR count). The fourth-order valence-corrected chi connectivity index (χ4v) is 3.00. The molecule has 0 saturated heterocycles. The van der Waals surface area contributed by atoms with E-state index in [0.29, 0.717) is 13.2 Å². The fraction of sp³-hybridized carbons (Fsp3) is 0.286. The second-order valence-electron chi connectivity index (χ2n) is 6.50. The van der Waals surface area contributed by atoms with E-state index in [4.69, 9.17) is 9.47 Å². The topological polar surface area (TPSA) is 66.1 Å². The van der Waals surface area contributed by atoms with Gasteiger partial charge in [0, 0.05) is 18.8 Å². The molecule has 148 valence electrons. The zero-order valence-electron chi connectivity index (χ0n) is 16.4. The summed E-state index contributed by atoms with van der Waals surface area (Å²) in [5.74, 6) is 0.488. The van der Waals surface area contributed by atoms with E-state index in [2.05, 4.69) is 23.0 Å². The third-order valence-electron chi connectivity index (χ3n) is 4.56. The van der Waals surface area contributed by atoms with Gasteiger partial charge in [0.25, 0.3) is 0 Å². The minimum absolute atomic E-state index is 0.270. The quantitative estimate of drug-likeness (QED) is 0.677. The lowest BCUT2D eigenvalue weighted by atomic mass is 10.1. The zero-order chi connectivity index (χ0) is 19.9. The first-order valence-corrected chi connectivity index (χ1v) is 9.11. The number of hydrogen-bond acceptors (Lipinski definition) is 7. The van der Waals surface area contributed by atoms with Crippen LogP contribution in [0.3, 0.4) is 0 Å². The number of ether oxygens (including phenoxy) is 2. The van der Waals surface area contributed by atoms with Gasteiger partial charge in [-0.2, -0.15) is 0 Å². The Balaban J connectivity index is 1.55. The molecule has 2 aromatic rings. The smallest absolute Gasteiger partial charge is 0.323 e. The van der Waals surface area contributed by atoms with Crippen LogP contribution in [-0.2, 0) is 16.0 Å². The van der Waals surface area contributed by atoms with Gasteiger partial charge in [-0.1, -0.05) is 42.5 Å². The second-order valence-corrected chi connectivity index (χ2v) is 6.50. The summed E-state index contributed by atoms with van der Waals surface area (Å²) in [5, 5.41) is 6.80. The van der Waals surface area contributed by atoms with Crippen LogP contribution >= 0.6 is 0 Å². The molecular formula is C21H26N4O3. The number of nitrogens with one attached hydrogen (secondary N) is 2. The van der Waals surface area contributed by atoms with E-state index in [1.807, 2.05) is 65.7 Å². The van der Waals surface area contributed by atoms with Crippen LogP contribution in [0.5, 0.6) is 5.75 Å². The molecule has 0 bridgehead atoms. The lowest BCUT2D eigenvalue weighted by Crippen LogP contribution is -2.39. The van der Waals surface area contributed by atoms with Gasteiger partial charge < -0.3 is 14.8 Å². The first kappa shape index (κ1) is 19.7. The standard InChI is InChI=1S/C21H26N4O3/c1-22-19(21(26)27-3)13-16-9-11-18(12-10-16)28-15-25-14-20(24(2)23-25)17-7-5-4-6-8-17/h4-12,14,19,22-23H,13,15H2,1-3H3/t19-/m1/s1. The molecule has 0 radical (unpaired) electrons. The fourth-order valence-electron chi connectivity index (χ4n) is 3.00. The molecule has 0 fully saturated rings. The van der Waals surface area contributed by atoms with E-state index in [0.717, 1.165) is 22.6 Å². The van der Waals surface area contributed by atoms with Crippen LogP contribution in [0.2, 0.25) is 0 Å². The Bertz CT molecular complexity index is 808. The first-order valence-electron chi connectivity index (χ1n) is 9.11. The molecule has 7 nitrogen and oxygen atoms in total. The van der Waals surface area contributed by atoms with E-state index in [1.165, 1.54) is 7.11 Å². The maximum absolute atomic E-state index is 11.7. The number of benzene rings is 2. The van der Waals surface area contributed by atoms with Crippen molar-refractivity contribution in [1.29, 1.82) is 0 Å². The molecule has 28 heavy (non-hydrogen) atoms. The van der Waals surface area contributed by atoms with Crippen molar-refractivity contribution in [2.45, 2.75) is 12.5 Å². The summed E-state index contributed by atoms with van der Waals surface area (Å²) < 4.78 is 10.7. The van der Waals surface area contributed by atoms with Crippen molar-refractivity contribution in [2.75, 3.05) is 27.9 Å².